The van der Waals surface area contributed by atoms with Crippen molar-refractivity contribution in [2.45, 2.75) is 0 Å². The molecule has 0 bridgehead atoms. The van der Waals surface area contributed by atoms with Crippen molar-refractivity contribution in [3.63, 3.8) is 0 Å². The molecule has 5 N–H and O–H groups in total. The van der Waals surface area contributed by atoms with Crippen LogP contribution in [0.4, 0.5) is 11.4 Å². The molecular weight excluding hydrogens is 644 g/mol. The Morgan fingerprint density at radius 1 is 0.676 bits per heavy atom. The Kier molecular flexibility index (Phi) is 7.44. The molecule has 3 aromatic carbocycles. The molecule has 0 aliphatic heterocycles. The highest BCUT2D eigenvalue weighted by molar-refractivity contribution is 9.11. The van der Waals surface area contributed by atoms with Crippen molar-refractivity contribution < 1.29 is 34.5 Å². The fourth-order valence-electron chi connectivity index (χ4n) is 3.23. The van der Waals surface area contributed by atoms with Crippen molar-refractivity contribution in [3.8, 4) is 5.75 Å². The van der Waals surface area contributed by atoms with E-state index in [0.717, 1.165) is 4.90 Å². The number of aromatic carboxylic acids is 2. The largest absolute Gasteiger partial charge is 0.506 e. The molecule has 0 saturated carbocycles. The first-order valence-corrected chi connectivity index (χ1v) is 11.5. The lowest BCUT2D eigenvalue weighted by Gasteiger charge is -2.26. The fraction of sp³-hybridized carbons (Fsp3) is 0. The first kappa shape index (κ1) is 25.4. The van der Waals surface area contributed by atoms with E-state index in [9.17, 15) is 34.5 Å². The molecule has 0 unspecified atom stereocenters. The highest BCUT2D eigenvalue weighted by atomic mass is 79.9. The van der Waals surface area contributed by atoms with Gasteiger partial charge in [-0.2, -0.15) is 0 Å². The van der Waals surface area contributed by atoms with Crippen LogP contribution in [0.5, 0.6) is 5.75 Å². The summed E-state index contributed by atoms with van der Waals surface area (Å²) in [5.41, 5.74) is 2.52. The van der Waals surface area contributed by atoms with Gasteiger partial charge in [-0.3, -0.25) is 14.5 Å². The Labute approximate surface area is 217 Å². The Hall–Kier alpha value is -3.22. The van der Waals surface area contributed by atoms with Gasteiger partial charge < -0.3 is 21.1 Å². The number of carboxylic acid groups (broad SMARTS) is 2. The minimum Gasteiger partial charge on any atom is -0.506 e. The molecule has 0 aromatic heterocycles. The van der Waals surface area contributed by atoms with E-state index in [1.165, 1.54) is 0 Å². The number of phenols is 1. The summed E-state index contributed by atoms with van der Waals surface area (Å²) in [6, 6.07) is 12.9. The van der Waals surface area contributed by atoms with Crippen molar-refractivity contribution in [2.24, 2.45) is 5.73 Å². The molecule has 0 spiro atoms. The lowest BCUT2D eigenvalue weighted by atomic mass is 9.94. The molecular formula is C22H13Br3N2O7. The van der Waals surface area contributed by atoms with Gasteiger partial charge in [-0.15, -0.1) is 0 Å². The summed E-state index contributed by atoms with van der Waals surface area (Å²) in [6.07, 6.45) is 0. The molecule has 3 rings (SSSR count). The number of primary amides is 1. The lowest BCUT2D eigenvalue weighted by molar-refractivity contribution is 0.0682. The number of carboxylic acids is 2. The quantitative estimate of drug-likeness (QED) is 0.286. The van der Waals surface area contributed by atoms with Crippen LogP contribution < -0.4 is 10.6 Å². The number of nitrogens with zero attached hydrogens (tertiary/aromatic N) is 1. The smallest absolute Gasteiger partial charge is 0.340 e. The van der Waals surface area contributed by atoms with Crippen LogP contribution in [0, 0.1) is 0 Å². The van der Waals surface area contributed by atoms with Crippen LogP contribution in [0.25, 0.3) is 0 Å². The predicted molar refractivity (Wildman–Crippen MR) is 133 cm³/mol. The van der Waals surface area contributed by atoms with Crippen LogP contribution in [-0.2, 0) is 0 Å². The van der Waals surface area contributed by atoms with Crippen LogP contribution in [-0.4, -0.2) is 39.1 Å². The van der Waals surface area contributed by atoms with E-state index < -0.39 is 56.2 Å². The van der Waals surface area contributed by atoms with Gasteiger partial charge in [0, 0.05) is 24.8 Å². The summed E-state index contributed by atoms with van der Waals surface area (Å²) >= 11 is 9.60. The molecule has 0 radical (unpaired) electrons. The van der Waals surface area contributed by atoms with E-state index in [1.54, 1.807) is 48.5 Å². The van der Waals surface area contributed by atoms with Crippen LogP contribution in [0.2, 0.25) is 0 Å². The summed E-state index contributed by atoms with van der Waals surface area (Å²) in [5.74, 6) is -7.11. The number of nitrogens with two attached hydrogens (primary N) is 1. The summed E-state index contributed by atoms with van der Waals surface area (Å²) in [7, 11) is 0. The number of halogens is 3. The topological polar surface area (TPSA) is 158 Å². The van der Waals surface area contributed by atoms with Crippen LogP contribution in [0.3, 0.4) is 0 Å². The second-order valence-corrected chi connectivity index (χ2v) is 9.35. The van der Waals surface area contributed by atoms with Crippen molar-refractivity contribution in [1.82, 2.24) is 0 Å². The van der Waals surface area contributed by atoms with E-state index >= 15 is 0 Å². The van der Waals surface area contributed by atoms with Crippen molar-refractivity contribution in [3.05, 3.63) is 84.2 Å². The SMILES string of the molecule is NC(=O)c1c(Br)c(C(=O)N(c2ccc(Br)cc2)c2ccc(Br)cc2)c(C(=O)O)c(O)c1C(=O)O. The van der Waals surface area contributed by atoms with E-state index in [2.05, 4.69) is 47.8 Å². The standard InChI is InChI=1S/C22H13Br3N2O7/c23-9-1-5-11(6-2-9)27(12-7-3-10(24)4-8-12)20(30)14-16(22(33)34)18(28)15(21(31)32)13(17(14)25)19(26)29/h1-8,28H,(H2,26,29)(H,31,32)(H,33,34). The monoisotopic (exact) mass is 654 g/mol. The number of rotatable bonds is 6. The van der Waals surface area contributed by atoms with E-state index in [4.69, 9.17) is 5.73 Å². The van der Waals surface area contributed by atoms with Gasteiger partial charge in [-0.05, 0) is 64.5 Å². The second-order valence-electron chi connectivity index (χ2n) is 6.73. The Bertz CT molecular complexity index is 1290. The highest BCUT2D eigenvalue weighted by Crippen LogP contribution is 2.40. The molecule has 12 heteroatoms. The van der Waals surface area contributed by atoms with Crippen LogP contribution in [0.1, 0.15) is 41.4 Å². The maximum Gasteiger partial charge on any atom is 0.340 e. The maximum atomic E-state index is 13.9. The zero-order valence-corrected chi connectivity index (χ0v) is 21.5. The van der Waals surface area contributed by atoms with E-state index in [1.807, 2.05) is 0 Å². The average Bonchev–Trinajstić information content (AvgIpc) is 2.76. The third-order valence-electron chi connectivity index (χ3n) is 4.67. The normalized spacial score (nSPS) is 10.6. The number of hydrogen-bond donors (Lipinski definition) is 4. The van der Waals surface area contributed by atoms with Gasteiger partial charge in [0.2, 0.25) is 0 Å². The van der Waals surface area contributed by atoms with Crippen LogP contribution in [0.15, 0.2) is 61.9 Å². The van der Waals surface area contributed by atoms with Gasteiger partial charge in [0.25, 0.3) is 11.8 Å². The Morgan fingerprint density at radius 2 is 1.06 bits per heavy atom. The van der Waals surface area contributed by atoms with Gasteiger partial charge in [0.15, 0.2) is 0 Å². The molecule has 0 aliphatic rings. The van der Waals surface area contributed by atoms with E-state index in [0.29, 0.717) is 20.3 Å². The summed E-state index contributed by atoms with van der Waals surface area (Å²) in [4.78, 5) is 50.9. The van der Waals surface area contributed by atoms with Crippen LogP contribution >= 0.6 is 47.8 Å². The third-order valence-corrected chi connectivity index (χ3v) is 6.52. The molecule has 0 heterocycles. The highest BCUT2D eigenvalue weighted by Gasteiger charge is 2.36. The number of benzene rings is 3. The molecule has 174 valence electrons. The molecule has 9 nitrogen and oxygen atoms in total. The first-order chi connectivity index (χ1) is 16.0. The summed E-state index contributed by atoms with van der Waals surface area (Å²) in [6.45, 7) is 0. The van der Waals surface area contributed by atoms with Gasteiger partial charge >= 0.3 is 11.9 Å². The molecule has 2 amide bonds. The zero-order valence-electron chi connectivity index (χ0n) is 16.8. The van der Waals surface area contributed by atoms with Crippen molar-refractivity contribution in [2.75, 3.05) is 4.90 Å². The second kappa shape index (κ2) is 9.95. The third kappa shape index (κ3) is 4.69. The van der Waals surface area contributed by atoms with Gasteiger partial charge in [0.05, 0.1) is 11.1 Å². The number of carbonyl (C=O) groups is 4. The molecule has 3 aromatic rings. The molecule has 0 fully saturated rings. The predicted octanol–water partition coefficient (Wildman–Crippen LogP) is 5.15. The minimum absolute atomic E-state index is 0.321. The Balaban J connectivity index is 2.41. The number of carbonyl (C=O) groups excluding carboxylic acids is 2. The molecule has 0 aliphatic carbocycles. The number of aromatic hydroxyl groups is 1. The average molecular weight is 657 g/mol. The lowest BCUT2D eigenvalue weighted by Crippen LogP contribution is -2.30. The van der Waals surface area contributed by atoms with Crippen molar-refractivity contribution >= 4 is 82.9 Å². The minimum atomic E-state index is -1.80. The van der Waals surface area contributed by atoms with Gasteiger partial charge in [-0.25, -0.2) is 9.59 Å². The van der Waals surface area contributed by atoms with Gasteiger partial charge in [0.1, 0.15) is 16.9 Å². The first-order valence-electron chi connectivity index (χ1n) is 9.16. The molecule has 34 heavy (non-hydrogen) atoms. The zero-order chi connectivity index (χ0) is 25.3. The van der Waals surface area contributed by atoms with E-state index in [-0.39, 0.29) is 0 Å². The number of anilines is 2. The summed E-state index contributed by atoms with van der Waals surface area (Å²) < 4.78 is 0.953. The Morgan fingerprint density at radius 3 is 1.41 bits per heavy atom. The van der Waals surface area contributed by atoms with Crippen molar-refractivity contribution in [1.29, 1.82) is 0 Å². The number of amides is 2. The maximum absolute atomic E-state index is 13.9. The molecule has 0 saturated heterocycles. The summed E-state index contributed by atoms with van der Waals surface area (Å²) in [5, 5.41) is 29.8. The van der Waals surface area contributed by atoms with Gasteiger partial charge in [-0.1, -0.05) is 31.9 Å². The molecule has 0 atom stereocenters. The fourth-order valence-corrected chi connectivity index (χ4v) is 4.52. The number of hydrogen-bond acceptors (Lipinski definition) is 5.